The van der Waals surface area contributed by atoms with E-state index in [1.807, 2.05) is 32.9 Å². The molecule has 0 bridgehead atoms. The van der Waals surface area contributed by atoms with Crippen molar-refractivity contribution in [3.63, 3.8) is 0 Å². The van der Waals surface area contributed by atoms with Crippen LogP contribution in [0.1, 0.15) is 44.5 Å². The van der Waals surface area contributed by atoms with Gasteiger partial charge in [-0.05, 0) is 51.6 Å². The van der Waals surface area contributed by atoms with Crippen molar-refractivity contribution in [3.05, 3.63) is 41.7 Å². The molecule has 2 aromatic rings. The van der Waals surface area contributed by atoms with Crippen LogP contribution in [0, 0.1) is 6.92 Å². The van der Waals surface area contributed by atoms with Gasteiger partial charge in [0.25, 0.3) is 0 Å². The Morgan fingerprint density at radius 1 is 1.39 bits per heavy atom. The number of amides is 1. The number of benzene rings is 1. The van der Waals surface area contributed by atoms with Gasteiger partial charge in [-0.3, -0.25) is 9.78 Å². The largest absolute Gasteiger partial charge is 0.346 e. The first kappa shape index (κ1) is 15.9. The summed E-state index contributed by atoms with van der Waals surface area (Å²) in [5.41, 5.74) is 1.40. The monoisotopic (exact) mass is 311 g/mol. The van der Waals surface area contributed by atoms with Crippen molar-refractivity contribution in [2.45, 2.75) is 51.6 Å². The molecular formula is C19H25N3O. The summed E-state index contributed by atoms with van der Waals surface area (Å²) in [6, 6.07) is 10.6. The number of pyridine rings is 1. The molecule has 1 aliphatic heterocycles. The number of nitrogens with zero attached hydrogens (tertiary/aromatic N) is 1. The van der Waals surface area contributed by atoms with Crippen LogP contribution in [0.3, 0.4) is 0 Å². The second-order valence-electron chi connectivity index (χ2n) is 7.00. The van der Waals surface area contributed by atoms with E-state index in [9.17, 15) is 4.79 Å². The second-order valence-corrected chi connectivity index (χ2v) is 7.00. The fraction of sp³-hybridized carbons (Fsp3) is 0.474. The highest BCUT2D eigenvalue weighted by Crippen LogP contribution is 2.27. The van der Waals surface area contributed by atoms with Crippen molar-refractivity contribution in [2.24, 2.45) is 0 Å². The fourth-order valence-electron chi connectivity index (χ4n) is 3.42. The Morgan fingerprint density at radius 3 is 2.91 bits per heavy atom. The Bertz CT molecular complexity index is 718. The van der Waals surface area contributed by atoms with Crippen LogP contribution in [-0.2, 0) is 10.3 Å². The lowest BCUT2D eigenvalue weighted by Crippen LogP contribution is -2.43. The van der Waals surface area contributed by atoms with Gasteiger partial charge in [-0.2, -0.15) is 0 Å². The van der Waals surface area contributed by atoms with Gasteiger partial charge < -0.3 is 10.6 Å². The Hall–Kier alpha value is -1.94. The van der Waals surface area contributed by atoms with Crippen LogP contribution in [0.2, 0.25) is 0 Å². The van der Waals surface area contributed by atoms with E-state index in [0.29, 0.717) is 12.5 Å². The minimum atomic E-state index is -0.499. The summed E-state index contributed by atoms with van der Waals surface area (Å²) in [4.78, 5) is 17.2. The van der Waals surface area contributed by atoms with E-state index < -0.39 is 5.54 Å². The number of nitrogens with one attached hydrogen (secondary N) is 2. The van der Waals surface area contributed by atoms with Crippen molar-refractivity contribution < 1.29 is 4.79 Å². The first-order valence-corrected chi connectivity index (χ1v) is 8.37. The van der Waals surface area contributed by atoms with Crippen LogP contribution in [0.25, 0.3) is 10.8 Å². The fourth-order valence-corrected chi connectivity index (χ4v) is 3.42. The van der Waals surface area contributed by atoms with Crippen molar-refractivity contribution in [1.29, 1.82) is 0 Å². The van der Waals surface area contributed by atoms with E-state index >= 15 is 0 Å². The van der Waals surface area contributed by atoms with Gasteiger partial charge in [0.15, 0.2) is 0 Å². The molecule has 1 aliphatic rings. The maximum absolute atomic E-state index is 12.4. The molecule has 1 unspecified atom stereocenters. The molecule has 1 saturated heterocycles. The lowest BCUT2D eigenvalue weighted by molar-refractivity contribution is -0.123. The summed E-state index contributed by atoms with van der Waals surface area (Å²) < 4.78 is 0. The zero-order valence-electron chi connectivity index (χ0n) is 14.1. The number of fused-ring (bicyclic) bond motifs is 1. The number of aryl methyl sites for hydroxylation is 1. The zero-order valence-corrected chi connectivity index (χ0v) is 14.1. The van der Waals surface area contributed by atoms with Gasteiger partial charge in [0.2, 0.25) is 5.91 Å². The lowest BCUT2D eigenvalue weighted by atomic mass is 9.93. The molecule has 2 N–H and O–H groups in total. The van der Waals surface area contributed by atoms with Crippen LogP contribution in [0.15, 0.2) is 30.3 Å². The molecule has 2 heterocycles. The maximum Gasteiger partial charge on any atom is 0.222 e. The average Bonchev–Trinajstić information content (AvgIpc) is 2.98. The maximum atomic E-state index is 12.4. The van der Waals surface area contributed by atoms with Crippen LogP contribution in [0.5, 0.6) is 0 Å². The van der Waals surface area contributed by atoms with Gasteiger partial charge in [0.05, 0.1) is 11.2 Å². The van der Waals surface area contributed by atoms with Crippen LogP contribution >= 0.6 is 0 Å². The molecule has 0 spiro atoms. The van der Waals surface area contributed by atoms with Gasteiger partial charge in [-0.15, -0.1) is 0 Å². The predicted octanol–water partition coefficient (Wildman–Crippen LogP) is 3.04. The summed E-state index contributed by atoms with van der Waals surface area (Å²) in [6.07, 6.45) is 2.78. The molecule has 1 atom stereocenters. The Balaban J connectivity index is 1.85. The van der Waals surface area contributed by atoms with E-state index in [1.165, 1.54) is 0 Å². The van der Waals surface area contributed by atoms with Crippen molar-refractivity contribution in [3.8, 4) is 0 Å². The van der Waals surface area contributed by atoms with Gasteiger partial charge in [0, 0.05) is 23.5 Å². The third-order valence-corrected chi connectivity index (χ3v) is 4.51. The normalized spacial score (nSPS) is 18.3. The smallest absolute Gasteiger partial charge is 0.222 e. The number of hydrogen-bond acceptors (Lipinski definition) is 3. The van der Waals surface area contributed by atoms with Crippen LogP contribution < -0.4 is 10.6 Å². The summed E-state index contributed by atoms with van der Waals surface area (Å²) in [5.74, 6) is 0.0850. The Labute approximate surface area is 137 Å². The number of aromatic nitrogens is 1. The van der Waals surface area contributed by atoms with E-state index in [2.05, 4.69) is 28.8 Å². The van der Waals surface area contributed by atoms with E-state index in [-0.39, 0.29) is 5.91 Å². The first-order chi connectivity index (χ1) is 11.0. The SMILES string of the molecule is Cc1cc2ccccc2c(C(C)(C)NC(=O)CC2CCCN2)n1. The molecule has 4 heteroatoms. The summed E-state index contributed by atoms with van der Waals surface area (Å²) in [5, 5.41) is 8.81. The highest BCUT2D eigenvalue weighted by atomic mass is 16.1. The van der Waals surface area contributed by atoms with Crippen molar-refractivity contribution in [1.82, 2.24) is 15.6 Å². The molecule has 1 aromatic heterocycles. The summed E-state index contributed by atoms with van der Waals surface area (Å²) >= 11 is 0. The summed E-state index contributed by atoms with van der Waals surface area (Å²) in [6.45, 7) is 7.07. The minimum absolute atomic E-state index is 0.0850. The van der Waals surface area contributed by atoms with E-state index in [1.54, 1.807) is 0 Å². The quantitative estimate of drug-likeness (QED) is 0.912. The summed E-state index contributed by atoms with van der Waals surface area (Å²) in [7, 11) is 0. The molecule has 4 nitrogen and oxygen atoms in total. The molecule has 0 radical (unpaired) electrons. The first-order valence-electron chi connectivity index (χ1n) is 8.37. The number of rotatable bonds is 4. The minimum Gasteiger partial charge on any atom is -0.346 e. The van der Waals surface area contributed by atoms with Crippen LogP contribution in [0.4, 0.5) is 0 Å². The van der Waals surface area contributed by atoms with Gasteiger partial charge in [-0.1, -0.05) is 24.3 Å². The molecule has 1 aromatic carbocycles. The number of hydrogen-bond donors (Lipinski definition) is 2. The topological polar surface area (TPSA) is 54.0 Å². The Kier molecular flexibility index (Phi) is 4.35. The molecule has 23 heavy (non-hydrogen) atoms. The molecule has 122 valence electrons. The van der Waals surface area contributed by atoms with Crippen LogP contribution in [-0.4, -0.2) is 23.5 Å². The molecule has 0 saturated carbocycles. The van der Waals surface area contributed by atoms with Crippen molar-refractivity contribution in [2.75, 3.05) is 6.54 Å². The third-order valence-electron chi connectivity index (χ3n) is 4.51. The van der Waals surface area contributed by atoms with E-state index in [0.717, 1.165) is 41.5 Å². The highest BCUT2D eigenvalue weighted by Gasteiger charge is 2.28. The zero-order chi connectivity index (χ0) is 16.4. The van der Waals surface area contributed by atoms with Gasteiger partial charge >= 0.3 is 0 Å². The Morgan fingerprint density at radius 2 is 2.17 bits per heavy atom. The molecule has 3 rings (SSSR count). The second kappa shape index (κ2) is 6.28. The lowest BCUT2D eigenvalue weighted by Gasteiger charge is -2.28. The number of carbonyl (C=O) groups is 1. The molecule has 1 amide bonds. The van der Waals surface area contributed by atoms with Crippen molar-refractivity contribution >= 4 is 16.7 Å². The third kappa shape index (κ3) is 3.53. The highest BCUT2D eigenvalue weighted by molar-refractivity contribution is 5.86. The standard InChI is InChI=1S/C19H25N3O/c1-13-11-14-7-4-5-9-16(14)18(21-13)19(2,3)22-17(23)12-15-8-6-10-20-15/h4-5,7,9,11,15,20H,6,8,10,12H2,1-3H3,(H,22,23). The van der Waals surface area contributed by atoms with Gasteiger partial charge in [0.1, 0.15) is 0 Å². The molecular weight excluding hydrogens is 286 g/mol. The molecule has 1 fully saturated rings. The van der Waals surface area contributed by atoms with Gasteiger partial charge in [-0.25, -0.2) is 0 Å². The predicted molar refractivity (Wildman–Crippen MR) is 93.3 cm³/mol. The average molecular weight is 311 g/mol. The molecule has 0 aliphatic carbocycles. The van der Waals surface area contributed by atoms with E-state index in [4.69, 9.17) is 4.98 Å². The number of carbonyl (C=O) groups excluding carboxylic acids is 1.